The Morgan fingerprint density at radius 3 is 2.36 bits per heavy atom. The largest absolute Gasteiger partial charge is 0.493 e. The number of benzene rings is 2. The number of nitrogens with one attached hydrogen (secondary N) is 1. The van der Waals surface area contributed by atoms with Crippen LogP contribution in [0.2, 0.25) is 0 Å². The molecule has 0 heterocycles. The van der Waals surface area contributed by atoms with E-state index in [2.05, 4.69) is 17.4 Å². The average molecular weight is 297 g/mol. The van der Waals surface area contributed by atoms with Gasteiger partial charge in [-0.1, -0.05) is 48.5 Å². The van der Waals surface area contributed by atoms with Crippen molar-refractivity contribution in [1.29, 1.82) is 0 Å². The van der Waals surface area contributed by atoms with E-state index in [1.54, 1.807) is 0 Å². The second kappa shape index (κ2) is 8.88. The molecular weight excluding hydrogens is 274 g/mol. The number of ether oxygens (including phenoxy) is 1. The number of rotatable bonds is 8. The Morgan fingerprint density at radius 2 is 1.68 bits per heavy atom. The van der Waals surface area contributed by atoms with Crippen molar-refractivity contribution in [2.75, 3.05) is 6.61 Å². The van der Waals surface area contributed by atoms with E-state index >= 15 is 0 Å². The van der Waals surface area contributed by atoms with Crippen LogP contribution < -0.4 is 10.1 Å². The van der Waals surface area contributed by atoms with Gasteiger partial charge in [0.15, 0.2) is 0 Å². The van der Waals surface area contributed by atoms with E-state index in [0.717, 1.165) is 18.6 Å². The predicted molar refractivity (Wildman–Crippen MR) is 88.9 cm³/mol. The number of carbonyl (C=O) groups is 1. The molecule has 0 fully saturated rings. The molecule has 1 atom stereocenters. The van der Waals surface area contributed by atoms with Gasteiger partial charge in [0, 0.05) is 6.04 Å². The molecule has 0 aliphatic heterocycles. The molecule has 3 nitrogen and oxygen atoms in total. The Labute approximate surface area is 132 Å². The summed E-state index contributed by atoms with van der Waals surface area (Å²) in [6.45, 7) is 2.44. The first-order valence-electron chi connectivity index (χ1n) is 7.75. The second-order valence-corrected chi connectivity index (χ2v) is 5.40. The van der Waals surface area contributed by atoms with Crippen molar-refractivity contribution in [3.05, 3.63) is 66.2 Å². The van der Waals surface area contributed by atoms with Gasteiger partial charge < -0.3 is 10.1 Å². The predicted octanol–water partition coefficient (Wildman–Crippen LogP) is 3.59. The van der Waals surface area contributed by atoms with Gasteiger partial charge in [-0.15, -0.1) is 0 Å². The summed E-state index contributed by atoms with van der Waals surface area (Å²) in [6, 6.07) is 20.0. The molecule has 2 aromatic carbocycles. The topological polar surface area (TPSA) is 38.3 Å². The molecule has 2 aromatic rings. The second-order valence-electron chi connectivity index (χ2n) is 5.40. The normalized spacial score (nSPS) is 11.7. The first-order valence-corrected chi connectivity index (χ1v) is 7.75. The molecule has 22 heavy (non-hydrogen) atoms. The standard InChI is InChI=1S/C19H23NO2/c1-16(12-13-17-8-4-2-5-9-17)20-19(21)14-15-22-18-10-6-3-7-11-18/h2-11,16H,12-15H2,1H3,(H,20,21)/t16-/m1/s1. The highest BCUT2D eigenvalue weighted by Crippen LogP contribution is 2.08. The van der Waals surface area contributed by atoms with Gasteiger partial charge in [-0.25, -0.2) is 0 Å². The van der Waals surface area contributed by atoms with E-state index in [0.29, 0.717) is 13.0 Å². The smallest absolute Gasteiger partial charge is 0.223 e. The molecule has 3 heteroatoms. The van der Waals surface area contributed by atoms with Crippen molar-refractivity contribution >= 4 is 5.91 Å². The minimum absolute atomic E-state index is 0.0384. The molecule has 0 aromatic heterocycles. The number of amides is 1. The third-order valence-electron chi connectivity index (χ3n) is 3.46. The summed E-state index contributed by atoms with van der Waals surface area (Å²) in [5, 5.41) is 3.02. The van der Waals surface area contributed by atoms with Gasteiger partial charge in [0.25, 0.3) is 0 Å². The monoisotopic (exact) mass is 297 g/mol. The zero-order valence-corrected chi connectivity index (χ0v) is 13.0. The van der Waals surface area contributed by atoms with Crippen LogP contribution in [0.25, 0.3) is 0 Å². The average Bonchev–Trinajstić information content (AvgIpc) is 2.55. The third kappa shape index (κ3) is 6.00. The number of para-hydroxylation sites is 1. The molecule has 0 unspecified atom stereocenters. The van der Waals surface area contributed by atoms with Gasteiger partial charge in [-0.2, -0.15) is 0 Å². The van der Waals surface area contributed by atoms with Gasteiger partial charge in [0.05, 0.1) is 13.0 Å². The minimum Gasteiger partial charge on any atom is -0.493 e. The minimum atomic E-state index is 0.0384. The summed E-state index contributed by atoms with van der Waals surface area (Å²) < 4.78 is 5.53. The molecule has 1 amide bonds. The number of carbonyl (C=O) groups excluding carboxylic acids is 1. The third-order valence-corrected chi connectivity index (χ3v) is 3.46. The van der Waals surface area contributed by atoms with Crippen molar-refractivity contribution in [2.45, 2.75) is 32.2 Å². The number of hydrogen-bond acceptors (Lipinski definition) is 2. The van der Waals surface area contributed by atoms with E-state index < -0.39 is 0 Å². The lowest BCUT2D eigenvalue weighted by molar-refractivity contribution is -0.122. The first-order chi connectivity index (χ1) is 10.7. The van der Waals surface area contributed by atoms with Gasteiger partial charge in [-0.3, -0.25) is 4.79 Å². The zero-order valence-electron chi connectivity index (χ0n) is 13.0. The van der Waals surface area contributed by atoms with Gasteiger partial charge in [-0.05, 0) is 37.5 Å². The summed E-state index contributed by atoms with van der Waals surface area (Å²) in [5.41, 5.74) is 1.30. The lowest BCUT2D eigenvalue weighted by Crippen LogP contribution is -2.33. The molecular formula is C19H23NO2. The molecule has 2 rings (SSSR count). The lowest BCUT2D eigenvalue weighted by atomic mass is 10.1. The number of hydrogen-bond donors (Lipinski definition) is 1. The molecule has 1 N–H and O–H groups in total. The van der Waals surface area contributed by atoms with E-state index in [1.807, 2.05) is 55.5 Å². The summed E-state index contributed by atoms with van der Waals surface area (Å²) in [4.78, 5) is 11.9. The summed E-state index contributed by atoms with van der Waals surface area (Å²) in [7, 11) is 0. The molecule has 0 aliphatic carbocycles. The first kappa shape index (κ1) is 16.1. The highest BCUT2D eigenvalue weighted by molar-refractivity contribution is 5.76. The fourth-order valence-corrected chi connectivity index (χ4v) is 2.23. The Bertz CT molecular complexity index is 554. The molecule has 0 radical (unpaired) electrons. The maximum atomic E-state index is 11.9. The van der Waals surface area contributed by atoms with E-state index in [4.69, 9.17) is 4.74 Å². The molecule has 116 valence electrons. The Morgan fingerprint density at radius 1 is 1.05 bits per heavy atom. The van der Waals surface area contributed by atoms with Crippen LogP contribution in [0.1, 0.15) is 25.3 Å². The van der Waals surface area contributed by atoms with Crippen LogP contribution in [0.4, 0.5) is 0 Å². The van der Waals surface area contributed by atoms with Crippen LogP contribution in [0.5, 0.6) is 5.75 Å². The van der Waals surface area contributed by atoms with Crippen LogP contribution in [0.3, 0.4) is 0 Å². The molecule has 0 saturated heterocycles. The van der Waals surface area contributed by atoms with Crippen LogP contribution in [0, 0.1) is 0 Å². The molecule has 0 saturated carbocycles. The highest BCUT2D eigenvalue weighted by atomic mass is 16.5. The van der Waals surface area contributed by atoms with Gasteiger partial charge in [0.2, 0.25) is 5.91 Å². The zero-order chi connectivity index (χ0) is 15.6. The van der Waals surface area contributed by atoms with Crippen LogP contribution >= 0.6 is 0 Å². The maximum Gasteiger partial charge on any atom is 0.223 e. The van der Waals surface area contributed by atoms with Crippen molar-refractivity contribution in [2.24, 2.45) is 0 Å². The van der Waals surface area contributed by atoms with Crippen molar-refractivity contribution in [3.63, 3.8) is 0 Å². The van der Waals surface area contributed by atoms with Gasteiger partial charge >= 0.3 is 0 Å². The van der Waals surface area contributed by atoms with Crippen LogP contribution in [-0.2, 0) is 11.2 Å². The molecule has 0 bridgehead atoms. The Kier molecular flexibility index (Phi) is 6.49. The maximum absolute atomic E-state index is 11.9. The Hall–Kier alpha value is -2.29. The van der Waals surface area contributed by atoms with E-state index in [1.165, 1.54) is 5.56 Å². The van der Waals surface area contributed by atoms with E-state index in [-0.39, 0.29) is 11.9 Å². The van der Waals surface area contributed by atoms with Crippen LogP contribution in [-0.4, -0.2) is 18.6 Å². The highest BCUT2D eigenvalue weighted by Gasteiger charge is 2.07. The van der Waals surface area contributed by atoms with Crippen molar-refractivity contribution in [3.8, 4) is 5.75 Å². The SMILES string of the molecule is C[C@H](CCc1ccccc1)NC(=O)CCOc1ccccc1. The van der Waals surface area contributed by atoms with E-state index in [9.17, 15) is 4.79 Å². The molecule has 0 spiro atoms. The van der Waals surface area contributed by atoms with Crippen LogP contribution in [0.15, 0.2) is 60.7 Å². The summed E-state index contributed by atoms with van der Waals surface area (Å²) in [5.74, 6) is 0.837. The fourth-order valence-electron chi connectivity index (χ4n) is 2.23. The Balaban J connectivity index is 1.62. The van der Waals surface area contributed by atoms with Crippen molar-refractivity contribution < 1.29 is 9.53 Å². The number of aryl methyl sites for hydroxylation is 1. The van der Waals surface area contributed by atoms with Gasteiger partial charge in [0.1, 0.15) is 5.75 Å². The fraction of sp³-hybridized carbons (Fsp3) is 0.316. The molecule has 0 aliphatic rings. The quantitative estimate of drug-likeness (QED) is 0.808. The van der Waals surface area contributed by atoms with Crippen molar-refractivity contribution in [1.82, 2.24) is 5.32 Å². The lowest BCUT2D eigenvalue weighted by Gasteiger charge is -2.14. The summed E-state index contributed by atoms with van der Waals surface area (Å²) in [6.07, 6.45) is 2.29. The summed E-state index contributed by atoms with van der Waals surface area (Å²) >= 11 is 0.